The highest BCUT2D eigenvalue weighted by Crippen LogP contribution is 2.41. The minimum absolute atomic E-state index is 0.148. The van der Waals surface area contributed by atoms with E-state index in [1.165, 1.54) is 26.2 Å². The van der Waals surface area contributed by atoms with Crippen molar-refractivity contribution in [3.05, 3.63) is 47.8 Å². The summed E-state index contributed by atoms with van der Waals surface area (Å²) in [5, 5.41) is 40.6. The molecule has 1 saturated carbocycles. The van der Waals surface area contributed by atoms with Crippen LogP contribution in [0, 0.1) is 17.2 Å². The van der Waals surface area contributed by atoms with Crippen molar-refractivity contribution in [3.8, 4) is 17.5 Å². The largest absolute Gasteiger partial charge is 0.465 e. The Hall–Kier alpha value is -4.24. The maximum Gasteiger partial charge on any atom is 0.404 e. The highest BCUT2D eigenvalue weighted by molar-refractivity contribution is 6.00. The monoisotopic (exact) mass is 523 g/mol. The van der Waals surface area contributed by atoms with Crippen LogP contribution in [0.15, 0.2) is 36.7 Å². The predicted octanol–water partition coefficient (Wildman–Crippen LogP) is 2.95. The Morgan fingerprint density at radius 2 is 2.03 bits per heavy atom. The van der Waals surface area contributed by atoms with E-state index >= 15 is 0 Å². The van der Waals surface area contributed by atoms with Crippen molar-refractivity contribution in [1.82, 2.24) is 25.2 Å². The molecule has 4 rings (SSSR count). The summed E-state index contributed by atoms with van der Waals surface area (Å²) in [5.74, 6) is -0.406. The zero-order valence-corrected chi connectivity index (χ0v) is 21.3. The fraction of sp³-hybridized carbons (Fsp3) is 0.423. The van der Waals surface area contributed by atoms with Crippen LogP contribution in [0.5, 0.6) is 0 Å². The van der Waals surface area contributed by atoms with Gasteiger partial charge in [-0.15, -0.1) is 0 Å². The van der Waals surface area contributed by atoms with Crippen molar-refractivity contribution in [1.29, 1.82) is 5.26 Å². The van der Waals surface area contributed by atoms with Crippen LogP contribution in [0.4, 0.5) is 14.9 Å². The van der Waals surface area contributed by atoms with E-state index in [2.05, 4.69) is 32.1 Å². The second kappa shape index (κ2) is 10.3. The van der Waals surface area contributed by atoms with E-state index in [1.54, 1.807) is 16.6 Å². The molecule has 2 amide bonds. The molecule has 5 N–H and O–H groups in total. The third-order valence-corrected chi connectivity index (χ3v) is 6.71. The molecule has 0 radical (unpaired) electrons. The second-order valence-electron chi connectivity index (χ2n) is 10.5. The number of aromatic nitrogens is 3. The Labute approximate surface area is 218 Å². The van der Waals surface area contributed by atoms with Gasteiger partial charge >= 0.3 is 6.09 Å². The van der Waals surface area contributed by atoms with Crippen molar-refractivity contribution in [2.45, 2.75) is 50.9 Å². The molecule has 3 aromatic heterocycles. The number of nitriles is 1. The van der Waals surface area contributed by atoms with E-state index in [-0.39, 0.29) is 18.0 Å². The number of hydrogen-bond donors (Lipinski definition) is 5. The lowest BCUT2D eigenvalue weighted by molar-refractivity contribution is -0.00177. The molecule has 0 bridgehead atoms. The van der Waals surface area contributed by atoms with E-state index in [4.69, 9.17) is 10.4 Å². The molecule has 1 aliphatic rings. The number of amides is 2. The van der Waals surface area contributed by atoms with Crippen LogP contribution in [0.3, 0.4) is 0 Å². The smallest absolute Gasteiger partial charge is 0.404 e. The van der Waals surface area contributed by atoms with Crippen LogP contribution in [0.1, 0.15) is 49.5 Å². The van der Waals surface area contributed by atoms with Gasteiger partial charge in [-0.2, -0.15) is 10.4 Å². The molecule has 1 atom stereocenters. The van der Waals surface area contributed by atoms with Crippen molar-refractivity contribution < 1.29 is 24.2 Å². The summed E-state index contributed by atoms with van der Waals surface area (Å²) in [6, 6.07) is 9.10. The molecule has 3 aromatic rings. The number of carboxylic acid groups (broad SMARTS) is 1. The molecule has 12 heteroatoms. The Morgan fingerprint density at radius 3 is 2.68 bits per heavy atom. The molecule has 0 aliphatic heterocycles. The SMILES string of the molecule is CC1(Nc2cc(-c3ccc4cc(C#N)cnn34)ncc2C(=O)NCC(F)C(C)(C)O)CC(CNC(=O)O)C1. The van der Waals surface area contributed by atoms with E-state index in [0.717, 1.165) is 0 Å². The molecule has 0 spiro atoms. The minimum Gasteiger partial charge on any atom is -0.465 e. The number of alkyl halides is 1. The van der Waals surface area contributed by atoms with Crippen LogP contribution in [0.25, 0.3) is 16.9 Å². The van der Waals surface area contributed by atoms with Crippen molar-refractivity contribution >= 4 is 23.2 Å². The summed E-state index contributed by atoms with van der Waals surface area (Å²) in [7, 11) is 0. The molecule has 0 saturated heterocycles. The standard InChI is InChI=1S/C26H30FN7O4/c1-25(2,38)22(27)14-30-23(35)18-13-29-20(21-5-4-17-6-15(10-28)12-32-34(17)21)7-19(18)33-26(3)8-16(9-26)11-31-24(36)37/h4-7,12-13,16,22,31,38H,8-9,11,14H2,1-3H3,(H,29,33)(H,30,35)(H,36,37). The normalized spacial score (nSPS) is 19.7. The quantitative estimate of drug-likeness (QED) is 0.286. The van der Waals surface area contributed by atoms with Gasteiger partial charge in [0.2, 0.25) is 0 Å². The number of anilines is 1. The number of carbonyl (C=O) groups excluding carboxylic acids is 1. The average molecular weight is 524 g/mol. The first-order valence-corrected chi connectivity index (χ1v) is 12.2. The number of carbonyl (C=O) groups is 2. The Balaban J connectivity index is 1.62. The summed E-state index contributed by atoms with van der Waals surface area (Å²) >= 11 is 0. The van der Waals surface area contributed by atoms with Crippen LogP contribution < -0.4 is 16.0 Å². The van der Waals surface area contributed by atoms with Gasteiger partial charge < -0.3 is 26.2 Å². The highest BCUT2D eigenvalue weighted by atomic mass is 19.1. The van der Waals surface area contributed by atoms with Gasteiger partial charge in [0.25, 0.3) is 5.91 Å². The summed E-state index contributed by atoms with van der Waals surface area (Å²) in [5.41, 5.74) is 0.955. The van der Waals surface area contributed by atoms with Crippen LogP contribution in [0.2, 0.25) is 0 Å². The van der Waals surface area contributed by atoms with E-state index in [0.29, 0.717) is 47.5 Å². The summed E-state index contributed by atoms with van der Waals surface area (Å²) in [6.07, 6.45) is 1.45. The number of nitrogens with one attached hydrogen (secondary N) is 3. The molecule has 11 nitrogen and oxygen atoms in total. The van der Waals surface area contributed by atoms with Gasteiger partial charge in [-0.05, 0) is 63.8 Å². The lowest BCUT2D eigenvalue weighted by Gasteiger charge is -2.46. The Kier molecular flexibility index (Phi) is 7.24. The van der Waals surface area contributed by atoms with Gasteiger partial charge in [0.15, 0.2) is 0 Å². The maximum atomic E-state index is 14.3. The Bertz CT molecular complexity index is 1400. The third-order valence-electron chi connectivity index (χ3n) is 6.71. The average Bonchev–Trinajstić information content (AvgIpc) is 3.27. The molecule has 38 heavy (non-hydrogen) atoms. The van der Waals surface area contributed by atoms with E-state index in [9.17, 15) is 19.1 Å². The fourth-order valence-corrected chi connectivity index (χ4v) is 4.68. The first kappa shape index (κ1) is 26.8. The summed E-state index contributed by atoms with van der Waals surface area (Å²) < 4.78 is 15.9. The minimum atomic E-state index is -1.67. The molecule has 3 heterocycles. The summed E-state index contributed by atoms with van der Waals surface area (Å²) in [4.78, 5) is 28.3. The maximum absolute atomic E-state index is 14.3. The number of rotatable bonds is 9. The number of fused-ring (bicyclic) bond motifs is 1. The number of hydrogen-bond acceptors (Lipinski definition) is 7. The van der Waals surface area contributed by atoms with Crippen LogP contribution >= 0.6 is 0 Å². The first-order valence-electron chi connectivity index (χ1n) is 12.2. The van der Waals surface area contributed by atoms with Crippen molar-refractivity contribution in [2.24, 2.45) is 5.92 Å². The van der Waals surface area contributed by atoms with Gasteiger partial charge in [-0.3, -0.25) is 9.78 Å². The molecule has 1 aliphatic carbocycles. The zero-order chi connectivity index (χ0) is 27.7. The molecule has 1 unspecified atom stereocenters. The van der Waals surface area contributed by atoms with Gasteiger partial charge in [0.05, 0.1) is 52.1 Å². The first-order chi connectivity index (χ1) is 17.9. The van der Waals surface area contributed by atoms with E-state index < -0.39 is 29.3 Å². The number of pyridine rings is 1. The molecule has 1 fully saturated rings. The Morgan fingerprint density at radius 1 is 1.29 bits per heavy atom. The lowest BCUT2D eigenvalue weighted by Crippen LogP contribution is -2.51. The van der Waals surface area contributed by atoms with Crippen molar-refractivity contribution in [2.75, 3.05) is 18.4 Å². The van der Waals surface area contributed by atoms with Crippen molar-refractivity contribution in [3.63, 3.8) is 0 Å². The van der Waals surface area contributed by atoms with Gasteiger partial charge in [0, 0.05) is 18.3 Å². The van der Waals surface area contributed by atoms with Gasteiger partial charge in [0.1, 0.15) is 12.2 Å². The third kappa shape index (κ3) is 5.84. The lowest BCUT2D eigenvalue weighted by atomic mass is 9.69. The molecular weight excluding hydrogens is 493 g/mol. The van der Waals surface area contributed by atoms with E-state index in [1.807, 2.05) is 19.1 Å². The molecule has 200 valence electrons. The van der Waals surface area contributed by atoms with Crippen LogP contribution in [-0.4, -0.2) is 67.2 Å². The topological polar surface area (TPSA) is 165 Å². The fourth-order valence-electron chi connectivity index (χ4n) is 4.68. The molecular formula is C26H30FN7O4. The highest BCUT2D eigenvalue weighted by Gasteiger charge is 2.41. The van der Waals surface area contributed by atoms with Gasteiger partial charge in [-0.1, -0.05) is 0 Å². The van der Waals surface area contributed by atoms with Crippen LogP contribution in [-0.2, 0) is 0 Å². The number of nitrogens with zero attached hydrogens (tertiary/aromatic N) is 4. The zero-order valence-electron chi connectivity index (χ0n) is 21.3. The van der Waals surface area contributed by atoms with Gasteiger partial charge in [-0.25, -0.2) is 13.7 Å². The second-order valence-corrected chi connectivity index (χ2v) is 10.5. The molecule has 0 aromatic carbocycles. The predicted molar refractivity (Wildman–Crippen MR) is 137 cm³/mol. The number of aliphatic hydroxyl groups is 1. The summed E-state index contributed by atoms with van der Waals surface area (Å²) in [6.45, 7) is 4.60. The number of halogens is 1.